The number of hydrogen-bond acceptors (Lipinski definition) is 5. The van der Waals surface area contributed by atoms with Gasteiger partial charge in [0, 0.05) is 12.1 Å². The van der Waals surface area contributed by atoms with E-state index in [9.17, 15) is 4.79 Å². The van der Waals surface area contributed by atoms with Crippen LogP contribution in [-0.4, -0.2) is 14.7 Å². The van der Waals surface area contributed by atoms with E-state index in [0.29, 0.717) is 17.1 Å². The highest BCUT2D eigenvalue weighted by molar-refractivity contribution is 7.00. The summed E-state index contributed by atoms with van der Waals surface area (Å²) in [5.41, 5.74) is 8.99. The van der Waals surface area contributed by atoms with Crippen molar-refractivity contribution in [2.24, 2.45) is 5.73 Å². The van der Waals surface area contributed by atoms with E-state index in [1.54, 1.807) is 24.3 Å². The van der Waals surface area contributed by atoms with Gasteiger partial charge in [0.2, 0.25) is 5.91 Å². The molecule has 106 valence electrons. The first-order valence-corrected chi connectivity index (χ1v) is 7.29. The second-order valence-electron chi connectivity index (χ2n) is 4.47. The zero-order valence-corrected chi connectivity index (χ0v) is 12.4. The quantitative estimate of drug-likeness (QED) is 0.774. The summed E-state index contributed by atoms with van der Waals surface area (Å²) in [5.74, 6) is -0.444. The lowest BCUT2D eigenvalue weighted by Gasteiger charge is -2.09. The van der Waals surface area contributed by atoms with Crippen molar-refractivity contribution in [3.05, 3.63) is 52.5 Å². The largest absolute Gasteiger partial charge is 0.378 e. The predicted octanol–water partition coefficient (Wildman–Crippen LogP) is 3.06. The number of nitrogens with zero attached hydrogens (tertiary/aromatic N) is 2. The van der Waals surface area contributed by atoms with Crippen molar-refractivity contribution < 1.29 is 4.79 Å². The van der Waals surface area contributed by atoms with Crippen molar-refractivity contribution in [3.8, 4) is 0 Å². The minimum absolute atomic E-state index is 0.444. The number of nitrogens with one attached hydrogen (secondary N) is 1. The van der Waals surface area contributed by atoms with E-state index in [1.165, 1.54) is 0 Å². The van der Waals surface area contributed by atoms with E-state index in [4.69, 9.17) is 17.3 Å². The molecule has 3 aromatic rings. The van der Waals surface area contributed by atoms with Gasteiger partial charge in [0.1, 0.15) is 11.0 Å². The molecular weight excluding hydrogens is 308 g/mol. The summed E-state index contributed by atoms with van der Waals surface area (Å²) in [5, 5.41) is 3.83. The summed E-state index contributed by atoms with van der Waals surface area (Å²) in [6.45, 7) is 0.511. The number of nitrogens with two attached hydrogens (primary N) is 1. The van der Waals surface area contributed by atoms with Crippen molar-refractivity contribution in [1.82, 2.24) is 8.75 Å². The number of rotatable bonds is 4. The predicted molar refractivity (Wildman–Crippen MR) is 84.7 cm³/mol. The fourth-order valence-corrected chi connectivity index (χ4v) is 2.78. The normalized spacial score (nSPS) is 10.7. The number of halogens is 1. The Morgan fingerprint density at radius 1 is 1.29 bits per heavy atom. The molecule has 7 heteroatoms. The molecule has 0 atom stereocenters. The topological polar surface area (TPSA) is 80.9 Å². The second kappa shape index (κ2) is 5.67. The Kier molecular flexibility index (Phi) is 3.72. The van der Waals surface area contributed by atoms with Crippen LogP contribution in [0.1, 0.15) is 15.9 Å². The molecule has 0 aliphatic heterocycles. The molecule has 0 fully saturated rings. The fraction of sp³-hybridized carbons (Fsp3) is 0.0714. The van der Waals surface area contributed by atoms with E-state index in [-0.39, 0.29) is 0 Å². The number of aromatic nitrogens is 2. The summed E-state index contributed by atoms with van der Waals surface area (Å²) < 4.78 is 8.43. The number of hydrogen-bond donors (Lipinski definition) is 2. The molecule has 1 aromatic heterocycles. The summed E-state index contributed by atoms with van der Waals surface area (Å²) in [7, 11) is 0. The van der Waals surface area contributed by atoms with E-state index in [0.717, 1.165) is 34.0 Å². The molecule has 5 nitrogen and oxygen atoms in total. The SMILES string of the molecule is NC(=O)c1cccc(CNc2c(Cl)ccc3nsnc23)c1. The van der Waals surface area contributed by atoms with Crippen LogP contribution in [0.4, 0.5) is 5.69 Å². The number of carbonyl (C=O) groups is 1. The zero-order chi connectivity index (χ0) is 14.8. The first-order valence-electron chi connectivity index (χ1n) is 6.18. The van der Waals surface area contributed by atoms with Gasteiger partial charge in [0.15, 0.2) is 0 Å². The Balaban J connectivity index is 1.86. The number of benzene rings is 2. The van der Waals surface area contributed by atoms with Crippen LogP contribution in [0.2, 0.25) is 5.02 Å². The summed E-state index contributed by atoms with van der Waals surface area (Å²) in [6.07, 6.45) is 0. The Labute approximate surface area is 130 Å². The molecule has 2 aromatic carbocycles. The highest BCUT2D eigenvalue weighted by atomic mass is 35.5. The average Bonchev–Trinajstić information content (AvgIpc) is 2.95. The molecule has 0 radical (unpaired) electrons. The van der Waals surface area contributed by atoms with Gasteiger partial charge in [-0.2, -0.15) is 8.75 Å². The molecule has 1 amide bonds. The maximum absolute atomic E-state index is 11.2. The molecular formula is C14H11ClN4OS. The molecule has 1 heterocycles. The molecule has 0 aliphatic rings. The summed E-state index contributed by atoms with van der Waals surface area (Å²) in [4.78, 5) is 11.2. The molecule has 3 N–H and O–H groups in total. The van der Waals surface area contributed by atoms with Gasteiger partial charge >= 0.3 is 0 Å². The van der Waals surface area contributed by atoms with Gasteiger partial charge in [0.05, 0.1) is 22.4 Å². The number of amides is 1. The monoisotopic (exact) mass is 318 g/mol. The van der Waals surface area contributed by atoms with Crippen molar-refractivity contribution in [1.29, 1.82) is 0 Å². The molecule has 0 saturated carbocycles. The van der Waals surface area contributed by atoms with Gasteiger partial charge in [-0.05, 0) is 29.8 Å². The minimum Gasteiger partial charge on any atom is -0.378 e. The van der Waals surface area contributed by atoms with Gasteiger partial charge in [-0.15, -0.1) is 0 Å². The van der Waals surface area contributed by atoms with Crippen LogP contribution in [-0.2, 0) is 6.54 Å². The third kappa shape index (κ3) is 2.81. The van der Waals surface area contributed by atoms with Crippen LogP contribution in [0.5, 0.6) is 0 Å². The van der Waals surface area contributed by atoms with Gasteiger partial charge in [-0.25, -0.2) is 0 Å². The fourth-order valence-electron chi connectivity index (χ4n) is 2.02. The average molecular weight is 319 g/mol. The maximum Gasteiger partial charge on any atom is 0.248 e. The number of anilines is 1. The van der Waals surface area contributed by atoms with Crippen molar-refractivity contribution >= 4 is 46.0 Å². The van der Waals surface area contributed by atoms with Crippen LogP contribution >= 0.6 is 23.3 Å². The van der Waals surface area contributed by atoms with Crippen LogP contribution in [0, 0.1) is 0 Å². The number of primary amides is 1. The molecule has 0 spiro atoms. The highest BCUT2D eigenvalue weighted by Crippen LogP contribution is 2.30. The standard InChI is InChI=1S/C14H11ClN4OS/c15-10-4-5-11-13(19-21-18-11)12(10)17-7-8-2-1-3-9(6-8)14(16)20/h1-6,17H,7H2,(H2,16,20). The van der Waals surface area contributed by atoms with Gasteiger partial charge < -0.3 is 11.1 Å². The lowest BCUT2D eigenvalue weighted by molar-refractivity contribution is 0.1000. The third-order valence-electron chi connectivity index (χ3n) is 3.06. The van der Waals surface area contributed by atoms with Crippen molar-refractivity contribution in [3.63, 3.8) is 0 Å². The number of fused-ring (bicyclic) bond motifs is 1. The van der Waals surface area contributed by atoms with Gasteiger partial charge in [-0.1, -0.05) is 23.7 Å². The van der Waals surface area contributed by atoms with Crippen LogP contribution in [0.25, 0.3) is 11.0 Å². The first-order chi connectivity index (χ1) is 10.1. The van der Waals surface area contributed by atoms with Crippen molar-refractivity contribution in [2.75, 3.05) is 5.32 Å². The molecule has 0 unspecified atom stereocenters. The highest BCUT2D eigenvalue weighted by Gasteiger charge is 2.10. The summed E-state index contributed by atoms with van der Waals surface area (Å²) >= 11 is 7.35. The lowest BCUT2D eigenvalue weighted by atomic mass is 10.1. The Hall–Kier alpha value is -2.18. The molecule has 0 bridgehead atoms. The third-order valence-corrected chi connectivity index (χ3v) is 3.92. The van der Waals surface area contributed by atoms with E-state index < -0.39 is 5.91 Å². The zero-order valence-electron chi connectivity index (χ0n) is 10.8. The molecule has 3 rings (SSSR count). The van der Waals surface area contributed by atoms with Crippen LogP contribution in [0.15, 0.2) is 36.4 Å². The smallest absolute Gasteiger partial charge is 0.248 e. The Bertz CT molecular complexity index is 818. The summed E-state index contributed by atoms with van der Waals surface area (Å²) in [6, 6.07) is 10.8. The minimum atomic E-state index is -0.444. The molecule has 0 aliphatic carbocycles. The molecule has 0 saturated heterocycles. The van der Waals surface area contributed by atoms with E-state index in [1.807, 2.05) is 12.1 Å². The first kappa shape index (κ1) is 13.8. The van der Waals surface area contributed by atoms with E-state index >= 15 is 0 Å². The molecule has 21 heavy (non-hydrogen) atoms. The van der Waals surface area contributed by atoms with Crippen LogP contribution < -0.4 is 11.1 Å². The Morgan fingerprint density at radius 2 is 2.14 bits per heavy atom. The van der Waals surface area contributed by atoms with Crippen LogP contribution in [0.3, 0.4) is 0 Å². The Morgan fingerprint density at radius 3 is 2.95 bits per heavy atom. The van der Waals surface area contributed by atoms with Gasteiger partial charge in [0.25, 0.3) is 0 Å². The van der Waals surface area contributed by atoms with Crippen molar-refractivity contribution in [2.45, 2.75) is 6.54 Å². The van der Waals surface area contributed by atoms with Gasteiger partial charge in [-0.3, -0.25) is 4.79 Å². The maximum atomic E-state index is 11.2. The lowest BCUT2D eigenvalue weighted by Crippen LogP contribution is -2.11. The van der Waals surface area contributed by atoms with E-state index in [2.05, 4.69) is 14.1 Å². The second-order valence-corrected chi connectivity index (χ2v) is 5.41. The number of carbonyl (C=O) groups excluding carboxylic acids is 1.